The van der Waals surface area contributed by atoms with Gasteiger partial charge in [0.25, 0.3) is 0 Å². The van der Waals surface area contributed by atoms with Crippen LogP contribution in [0.15, 0.2) is 36.4 Å². The molecule has 0 aliphatic rings. The number of ether oxygens (including phenoxy) is 1. The third kappa shape index (κ3) is 2.39. The lowest BCUT2D eigenvalue weighted by Crippen LogP contribution is -1.93. The van der Waals surface area contributed by atoms with Gasteiger partial charge in [0.1, 0.15) is 23.1 Å². The Morgan fingerprint density at radius 1 is 1.22 bits per heavy atom. The molecule has 0 aliphatic carbocycles. The van der Waals surface area contributed by atoms with Crippen molar-refractivity contribution in [2.45, 2.75) is 6.92 Å². The van der Waals surface area contributed by atoms with Crippen molar-refractivity contribution in [2.24, 2.45) is 0 Å². The second-order valence-electron chi connectivity index (χ2n) is 3.85. The molecular weight excluding hydrogens is 248 g/mol. The van der Waals surface area contributed by atoms with Crippen molar-refractivity contribution < 1.29 is 4.74 Å². The molecule has 0 radical (unpaired) electrons. The summed E-state index contributed by atoms with van der Waals surface area (Å²) in [5.74, 6) is 1.10. The molecule has 0 aliphatic heterocycles. The Hall–Kier alpha value is -2.18. The van der Waals surface area contributed by atoms with Gasteiger partial charge in [-0.1, -0.05) is 17.7 Å². The van der Waals surface area contributed by atoms with Crippen LogP contribution in [0.5, 0.6) is 11.5 Å². The maximum Gasteiger partial charge on any atom is 0.146 e. The summed E-state index contributed by atoms with van der Waals surface area (Å²) in [6.07, 6.45) is 0. The van der Waals surface area contributed by atoms with E-state index in [2.05, 4.69) is 0 Å². The summed E-state index contributed by atoms with van der Waals surface area (Å²) in [7, 11) is 0. The third-order valence-corrected chi connectivity index (χ3v) is 2.82. The van der Waals surface area contributed by atoms with Crippen LogP contribution < -0.4 is 10.5 Å². The van der Waals surface area contributed by atoms with Crippen molar-refractivity contribution in [1.82, 2.24) is 0 Å². The molecular formula is C14H11ClN2O. The number of nitrogens with zero attached hydrogens (tertiary/aromatic N) is 1. The molecule has 0 atom stereocenters. The van der Waals surface area contributed by atoms with E-state index in [1.807, 2.05) is 19.1 Å². The highest BCUT2D eigenvalue weighted by Gasteiger charge is 2.09. The largest absolute Gasteiger partial charge is 0.456 e. The van der Waals surface area contributed by atoms with Crippen molar-refractivity contribution in [3.8, 4) is 17.6 Å². The summed E-state index contributed by atoms with van der Waals surface area (Å²) in [5.41, 5.74) is 7.58. The van der Waals surface area contributed by atoms with Crippen molar-refractivity contribution >= 4 is 17.3 Å². The van der Waals surface area contributed by atoms with E-state index < -0.39 is 0 Å². The van der Waals surface area contributed by atoms with Crippen molar-refractivity contribution in [2.75, 3.05) is 5.73 Å². The third-order valence-electron chi connectivity index (χ3n) is 2.51. The van der Waals surface area contributed by atoms with Gasteiger partial charge in [0.2, 0.25) is 0 Å². The molecule has 2 aromatic carbocycles. The summed E-state index contributed by atoms with van der Waals surface area (Å²) in [5, 5.41) is 9.43. The number of hydrogen-bond donors (Lipinski definition) is 1. The van der Waals surface area contributed by atoms with E-state index in [4.69, 9.17) is 27.3 Å². The average molecular weight is 259 g/mol. The Bertz CT molecular complexity index is 632. The smallest absolute Gasteiger partial charge is 0.146 e. The fraction of sp³-hybridized carbons (Fsp3) is 0.0714. The first-order valence-corrected chi connectivity index (χ1v) is 5.72. The van der Waals surface area contributed by atoms with Gasteiger partial charge in [-0.2, -0.15) is 5.26 Å². The van der Waals surface area contributed by atoms with E-state index in [9.17, 15) is 0 Å². The molecule has 3 nitrogen and oxygen atoms in total. The molecule has 0 fully saturated rings. The summed E-state index contributed by atoms with van der Waals surface area (Å²) in [6.45, 7) is 1.89. The molecule has 90 valence electrons. The first-order valence-electron chi connectivity index (χ1n) is 5.34. The van der Waals surface area contributed by atoms with E-state index >= 15 is 0 Å². The fourth-order valence-electron chi connectivity index (χ4n) is 1.60. The zero-order valence-corrected chi connectivity index (χ0v) is 10.5. The Morgan fingerprint density at radius 2 is 2.00 bits per heavy atom. The number of aryl methyl sites for hydroxylation is 1. The number of rotatable bonds is 2. The number of hydrogen-bond acceptors (Lipinski definition) is 3. The van der Waals surface area contributed by atoms with E-state index in [0.717, 1.165) is 5.56 Å². The monoisotopic (exact) mass is 258 g/mol. The van der Waals surface area contributed by atoms with Gasteiger partial charge in [0.05, 0.1) is 5.02 Å². The minimum Gasteiger partial charge on any atom is -0.456 e. The molecule has 0 bridgehead atoms. The zero-order valence-electron chi connectivity index (χ0n) is 9.77. The number of nitriles is 1. The average Bonchev–Trinajstić information content (AvgIpc) is 2.33. The van der Waals surface area contributed by atoms with Gasteiger partial charge in [0.15, 0.2) is 0 Å². The maximum absolute atomic E-state index is 9.06. The molecule has 0 amide bonds. The minimum absolute atomic E-state index is 0.329. The van der Waals surface area contributed by atoms with Gasteiger partial charge in [-0.3, -0.25) is 0 Å². The lowest BCUT2D eigenvalue weighted by Gasteiger charge is -2.11. The van der Waals surface area contributed by atoms with Gasteiger partial charge < -0.3 is 10.5 Å². The van der Waals surface area contributed by atoms with Crippen molar-refractivity contribution in [3.05, 3.63) is 52.5 Å². The summed E-state index contributed by atoms with van der Waals surface area (Å²) < 4.78 is 5.70. The molecule has 0 heterocycles. The molecule has 0 saturated carbocycles. The van der Waals surface area contributed by atoms with E-state index in [-0.39, 0.29) is 0 Å². The van der Waals surface area contributed by atoms with Crippen LogP contribution in [0.4, 0.5) is 5.69 Å². The lowest BCUT2D eigenvalue weighted by molar-refractivity contribution is 0.477. The molecule has 0 aromatic heterocycles. The Labute approximate surface area is 110 Å². The maximum atomic E-state index is 9.06. The van der Waals surface area contributed by atoms with Crippen LogP contribution in [0.25, 0.3) is 0 Å². The number of anilines is 1. The fourth-order valence-corrected chi connectivity index (χ4v) is 1.81. The van der Waals surface area contributed by atoms with E-state index in [1.165, 1.54) is 0 Å². The molecule has 4 heteroatoms. The Kier molecular flexibility index (Phi) is 3.40. The first-order chi connectivity index (χ1) is 8.61. The van der Waals surface area contributed by atoms with Crippen molar-refractivity contribution in [1.29, 1.82) is 5.26 Å². The lowest BCUT2D eigenvalue weighted by atomic mass is 10.2. The molecule has 2 rings (SSSR count). The number of benzene rings is 2. The van der Waals surface area contributed by atoms with Crippen LogP contribution in [0.1, 0.15) is 11.1 Å². The van der Waals surface area contributed by atoms with Crippen LogP contribution in [0.3, 0.4) is 0 Å². The molecule has 0 unspecified atom stereocenters. The molecule has 18 heavy (non-hydrogen) atoms. The van der Waals surface area contributed by atoms with Crippen LogP contribution >= 0.6 is 11.6 Å². The van der Waals surface area contributed by atoms with E-state index in [1.54, 1.807) is 30.3 Å². The minimum atomic E-state index is 0.329. The normalized spacial score (nSPS) is 9.83. The topological polar surface area (TPSA) is 59.0 Å². The molecule has 2 N–H and O–H groups in total. The summed E-state index contributed by atoms with van der Waals surface area (Å²) in [4.78, 5) is 0. The van der Waals surface area contributed by atoms with Crippen LogP contribution in [-0.4, -0.2) is 0 Å². The van der Waals surface area contributed by atoms with Crippen LogP contribution in [0.2, 0.25) is 5.02 Å². The van der Waals surface area contributed by atoms with Gasteiger partial charge in [-0.05, 0) is 42.8 Å². The van der Waals surface area contributed by atoms with E-state index in [0.29, 0.717) is 27.8 Å². The summed E-state index contributed by atoms with van der Waals surface area (Å²) >= 11 is 5.94. The SMILES string of the molecule is Cc1cc(N)ccc1Oc1cccc(Cl)c1C#N. The van der Waals surface area contributed by atoms with Gasteiger partial charge in [-0.15, -0.1) is 0 Å². The van der Waals surface area contributed by atoms with Crippen LogP contribution in [0, 0.1) is 18.3 Å². The molecule has 0 saturated heterocycles. The van der Waals surface area contributed by atoms with Gasteiger partial charge >= 0.3 is 0 Å². The first kappa shape index (κ1) is 12.3. The van der Waals surface area contributed by atoms with Gasteiger partial charge in [-0.25, -0.2) is 0 Å². The molecule has 0 spiro atoms. The highest BCUT2D eigenvalue weighted by atomic mass is 35.5. The van der Waals surface area contributed by atoms with Crippen LogP contribution in [-0.2, 0) is 0 Å². The van der Waals surface area contributed by atoms with Gasteiger partial charge in [0, 0.05) is 5.69 Å². The zero-order chi connectivity index (χ0) is 13.1. The Morgan fingerprint density at radius 3 is 2.67 bits per heavy atom. The number of nitrogen functional groups attached to an aromatic ring is 1. The second-order valence-corrected chi connectivity index (χ2v) is 4.26. The Balaban J connectivity index is 2.41. The predicted octanol–water partition coefficient (Wildman–Crippen LogP) is 3.89. The highest BCUT2D eigenvalue weighted by Crippen LogP contribution is 2.31. The number of halogens is 1. The second kappa shape index (κ2) is 4.99. The number of nitrogens with two attached hydrogens (primary N) is 1. The molecule has 2 aromatic rings. The standard InChI is InChI=1S/C14H11ClN2O/c1-9-7-10(17)5-6-13(9)18-14-4-2-3-12(15)11(14)8-16/h2-7H,17H2,1H3. The van der Waals surface area contributed by atoms with Crippen molar-refractivity contribution in [3.63, 3.8) is 0 Å². The quantitative estimate of drug-likeness (QED) is 0.831. The predicted molar refractivity (Wildman–Crippen MR) is 71.8 cm³/mol. The summed E-state index contributed by atoms with van der Waals surface area (Å²) in [6, 6.07) is 12.5. The highest BCUT2D eigenvalue weighted by molar-refractivity contribution is 6.31.